The Morgan fingerprint density at radius 2 is 1.89 bits per heavy atom. The average Bonchev–Trinajstić information content (AvgIpc) is 3.24. The van der Waals surface area contributed by atoms with Gasteiger partial charge in [0.1, 0.15) is 12.1 Å². The molecule has 1 aliphatic carbocycles. The number of thiazole rings is 1. The standard InChI is InChI=1S/C28H37FN4O4S/c1-15-11-18(22-17(3)30-14-38-22)7-8-20(15)16(2)31-24(35)21-12-19(34)13-33(21)25(36)23(27(4,5)6)32-26(37)28(29)9-10-28/h7-8,11,14,16,19,21,23,34H,9-10,12-13H2,1-6H3,(H,31,35)(H,32,37)/t16-,19+,21?,23+/m0/s1. The molecule has 0 spiro atoms. The first-order valence-corrected chi connectivity index (χ1v) is 13.9. The van der Waals surface area contributed by atoms with Crippen LogP contribution in [0.5, 0.6) is 0 Å². The summed E-state index contributed by atoms with van der Waals surface area (Å²) in [5.74, 6) is -1.68. The van der Waals surface area contributed by atoms with Crippen molar-refractivity contribution in [3.05, 3.63) is 40.5 Å². The highest BCUT2D eigenvalue weighted by Gasteiger charge is 2.53. The van der Waals surface area contributed by atoms with E-state index < -0.39 is 41.1 Å². The maximum Gasteiger partial charge on any atom is 0.258 e. The number of aliphatic hydroxyl groups is 1. The van der Waals surface area contributed by atoms with E-state index >= 15 is 0 Å². The largest absolute Gasteiger partial charge is 0.391 e. The van der Waals surface area contributed by atoms with E-state index in [2.05, 4.69) is 21.7 Å². The molecule has 2 heterocycles. The lowest BCUT2D eigenvalue weighted by atomic mass is 9.85. The maximum absolute atomic E-state index is 14.4. The van der Waals surface area contributed by atoms with Crippen LogP contribution < -0.4 is 10.6 Å². The number of nitrogens with one attached hydrogen (secondary N) is 2. The number of aliphatic hydroxyl groups excluding tert-OH is 1. The van der Waals surface area contributed by atoms with E-state index in [1.165, 1.54) is 4.90 Å². The van der Waals surface area contributed by atoms with Crippen molar-refractivity contribution in [3.8, 4) is 10.4 Å². The molecule has 1 aliphatic heterocycles. The SMILES string of the molecule is Cc1cc(-c2scnc2C)ccc1[C@H](C)NC(=O)C1C[C@@H](O)CN1C(=O)[C@@H](NC(=O)C1(F)CC1)C(C)(C)C. The summed E-state index contributed by atoms with van der Waals surface area (Å²) in [7, 11) is 0. The molecule has 206 valence electrons. The molecule has 3 N–H and O–H groups in total. The minimum atomic E-state index is -1.92. The zero-order valence-electron chi connectivity index (χ0n) is 22.8. The second-order valence-electron chi connectivity index (χ2n) is 11.7. The van der Waals surface area contributed by atoms with E-state index in [0.29, 0.717) is 0 Å². The molecule has 3 amide bonds. The molecule has 2 aromatic rings. The van der Waals surface area contributed by atoms with Crippen molar-refractivity contribution in [2.24, 2.45) is 5.41 Å². The van der Waals surface area contributed by atoms with Gasteiger partial charge in [-0.25, -0.2) is 9.37 Å². The molecule has 10 heteroatoms. The van der Waals surface area contributed by atoms with E-state index in [1.54, 1.807) is 32.1 Å². The van der Waals surface area contributed by atoms with E-state index in [-0.39, 0.29) is 37.8 Å². The first-order valence-electron chi connectivity index (χ1n) is 13.0. The number of carbonyl (C=O) groups excluding carboxylic acids is 3. The van der Waals surface area contributed by atoms with E-state index in [4.69, 9.17) is 0 Å². The van der Waals surface area contributed by atoms with Gasteiger partial charge in [-0.1, -0.05) is 39.0 Å². The molecule has 1 unspecified atom stereocenters. The zero-order valence-corrected chi connectivity index (χ0v) is 23.6. The molecule has 0 bridgehead atoms. The highest BCUT2D eigenvalue weighted by Crippen LogP contribution is 2.40. The maximum atomic E-state index is 14.4. The monoisotopic (exact) mass is 544 g/mol. The van der Waals surface area contributed by atoms with Crippen LogP contribution in [-0.4, -0.2) is 63.1 Å². The van der Waals surface area contributed by atoms with Gasteiger partial charge >= 0.3 is 0 Å². The van der Waals surface area contributed by atoms with Crippen LogP contribution in [0.4, 0.5) is 4.39 Å². The van der Waals surface area contributed by atoms with Crippen LogP contribution in [0, 0.1) is 19.3 Å². The second-order valence-corrected chi connectivity index (χ2v) is 12.6. The molecule has 38 heavy (non-hydrogen) atoms. The molecule has 0 radical (unpaired) electrons. The summed E-state index contributed by atoms with van der Waals surface area (Å²) < 4.78 is 14.4. The number of aryl methyl sites for hydroxylation is 2. The lowest BCUT2D eigenvalue weighted by molar-refractivity contribution is -0.145. The van der Waals surface area contributed by atoms with Gasteiger partial charge in [-0.2, -0.15) is 0 Å². The number of rotatable bonds is 7. The molecular weight excluding hydrogens is 507 g/mol. The van der Waals surface area contributed by atoms with Crippen LogP contribution in [0.15, 0.2) is 23.7 Å². The summed E-state index contributed by atoms with van der Waals surface area (Å²) in [5.41, 5.74) is 3.16. The number of hydrogen-bond acceptors (Lipinski definition) is 6. The van der Waals surface area contributed by atoms with Crippen LogP contribution in [0.1, 0.15) is 69.8 Å². The summed E-state index contributed by atoms with van der Waals surface area (Å²) in [6.07, 6.45) is -0.509. The summed E-state index contributed by atoms with van der Waals surface area (Å²) in [5, 5.41) is 16.0. The summed E-state index contributed by atoms with van der Waals surface area (Å²) in [4.78, 5) is 46.2. The van der Waals surface area contributed by atoms with Crippen LogP contribution >= 0.6 is 11.3 Å². The van der Waals surface area contributed by atoms with Gasteiger partial charge in [-0.15, -0.1) is 11.3 Å². The number of hydrogen-bond donors (Lipinski definition) is 3. The Kier molecular flexibility index (Phi) is 7.69. The average molecular weight is 545 g/mol. The highest BCUT2D eigenvalue weighted by molar-refractivity contribution is 7.13. The highest BCUT2D eigenvalue weighted by atomic mass is 32.1. The first-order chi connectivity index (χ1) is 17.7. The molecule has 4 atom stereocenters. The Labute approximate surface area is 227 Å². The predicted octanol–water partition coefficient (Wildman–Crippen LogP) is 3.60. The van der Waals surface area contributed by atoms with Crippen molar-refractivity contribution >= 4 is 29.1 Å². The van der Waals surface area contributed by atoms with Crippen LogP contribution in [0.3, 0.4) is 0 Å². The van der Waals surface area contributed by atoms with Crippen LogP contribution in [-0.2, 0) is 14.4 Å². The molecule has 8 nitrogen and oxygen atoms in total. The van der Waals surface area contributed by atoms with E-state index in [9.17, 15) is 23.9 Å². The number of aromatic nitrogens is 1. The van der Waals surface area contributed by atoms with E-state index in [0.717, 1.165) is 27.3 Å². The van der Waals surface area contributed by atoms with Gasteiger partial charge in [0, 0.05) is 13.0 Å². The van der Waals surface area contributed by atoms with Crippen molar-refractivity contribution < 1.29 is 23.9 Å². The fourth-order valence-corrected chi connectivity index (χ4v) is 5.79. The fourth-order valence-electron chi connectivity index (χ4n) is 4.99. The number of nitrogens with zero attached hydrogens (tertiary/aromatic N) is 2. The van der Waals surface area contributed by atoms with Crippen molar-refractivity contribution in [1.82, 2.24) is 20.5 Å². The third-order valence-electron chi connectivity index (χ3n) is 7.45. The topological polar surface area (TPSA) is 112 Å². The van der Waals surface area contributed by atoms with Crippen molar-refractivity contribution in [2.45, 2.75) is 90.7 Å². The normalized spacial score (nSPS) is 22.1. The second kappa shape index (κ2) is 10.4. The zero-order chi connectivity index (χ0) is 28.0. The Balaban J connectivity index is 1.49. The summed E-state index contributed by atoms with van der Waals surface area (Å²) in [6.45, 7) is 11.1. The van der Waals surface area contributed by atoms with Crippen LogP contribution in [0.2, 0.25) is 0 Å². The number of β-amino-alcohol motifs (C(OH)–C–C–N with tert-alkyl or cyclic N) is 1. The molecule has 2 aliphatic rings. The minimum absolute atomic E-state index is 0.0313. The summed E-state index contributed by atoms with van der Waals surface area (Å²) in [6, 6.07) is 3.79. The van der Waals surface area contributed by atoms with Gasteiger partial charge in [0.2, 0.25) is 11.8 Å². The van der Waals surface area contributed by atoms with Crippen molar-refractivity contribution in [1.29, 1.82) is 0 Å². The lowest BCUT2D eigenvalue weighted by Crippen LogP contribution is -2.59. The quantitative estimate of drug-likeness (QED) is 0.493. The molecule has 1 saturated heterocycles. The third-order valence-corrected chi connectivity index (χ3v) is 8.43. The first kappa shape index (κ1) is 28.2. The van der Waals surface area contributed by atoms with E-state index in [1.807, 2.05) is 38.4 Å². The fraction of sp³-hybridized carbons (Fsp3) is 0.571. The van der Waals surface area contributed by atoms with Gasteiger partial charge in [-0.3, -0.25) is 14.4 Å². The minimum Gasteiger partial charge on any atom is -0.391 e. The Bertz CT molecular complexity index is 1240. The number of benzene rings is 1. The van der Waals surface area contributed by atoms with Crippen molar-refractivity contribution in [2.75, 3.05) is 6.54 Å². The molecule has 4 rings (SSSR count). The molecule has 1 aromatic carbocycles. The molecular formula is C28H37FN4O4S. The Hall–Kier alpha value is -2.85. The van der Waals surface area contributed by atoms with Gasteiger partial charge in [-0.05, 0) is 55.7 Å². The van der Waals surface area contributed by atoms with Crippen LogP contribution in [0.25, 0.3) is 10.4 Å². The molecule has 1 saturated carbocycles. The lowest BCUT2D eigenvalue weighted by Gasteiger charge is -2.35. The van der Waals surface area contributed by atoms with Gasteiger partial charge in [0.15, 0.2) is 5.67 Å². The Morgan fingerprint density at radius 3 is 2.45 bits per heavy atom. The Morgan fingerprint density at radius 1 is 1.21 bits per heavy atom. The number of carbonyl (C=O) groups is 3. The number of halogens is 1. The molecule has 1 aromatic heterocycles. The van der Waals surface area contributed by atoms with Gasteiger partial charge in [0.05, 0.1) is 28.2 Å². The molecule has 2 fully saturated rings. The predicted molar refractivity (Wildman–Crippen MR) is 144 cm³/mol. The number of amides is 3. The summed E-state index contributed by atoms with van der Waals surface area (Å²) >= 11 is 1.58. The van der Waals surface area contributed by atoms with Gasteiger partial charge in [0.25, 0.3) is 5.91 Å². The smallest absolute Gasteiger partial charge is 0.258 e. The third kappa shape index (κ3) is 5.76. The van der Waals surface area contributed by atoms with Gasteiger partial charge < -0.3 is 20.6 Å². The number of likely N-dealkylation sites (tertiary alicyclic amines) is 1. The number of alkyl halides is 1. The van der Waals surface area contributed by atoms with Crippen molar-refractivity contribution in [3.63, 3.8) is 0 Å².